The van der Waals surface area contributed by atoms with E-state index < -0.39 is 12.0 Å². The molecule has 3 aromatic rings. The normalized spacial score (nSPS) is 19.5. The predicted molar refractivity (Wildman–Crippen MR) is 105 cm³/mol. The molecule has 1 fully saturated rings. The first-order valence-electron chi connectivity index (χ1n) is 9.04. The lowest BCUT2D eigenvalue weighted by molar-refractivity contribution is -0.145. The average molecular weight is 366 g/mol. The molecule has 134 valence electrons. The van der Waals surface area contributed by atoms with Gasteiger partial charge in [-0.2, -0.15) is 0 Å². The summed E-state index contributed by atoms with van der Waals surface area (Å²) >= 11 is 1.67. The van der Waals surface area contributed by atoms with Gasteiger partial charge in [0.05, 0.1) is 16.3 Å². The van der Waals surface area contributed by atoms with Crippen molar-refractivity contribution in [3.63, 3.8) is 0 Å². The summed E-state index contributed by atoms with van der Waals surface area (Å²) in [4.78, 5) is 18.9. The molecule has 2 aromatic carbocycles. The number of aliphatic carboxylic acids is 1. The average Bonchev–Trinajstić information content (AvgIpc) is 3.06. The van der Waals surface area contributed by atoms with Gasteiger partial charge in [-0.15, -0.1) is 11.3 Å². The first kappa shape index (κ1) is 17.2. The maximum absolute atomic E-state index is 11.9. The molecule has 1 aliphatic rings. The van der Waals surface area contributed by atoms with Gasteiger partial charge in [0.1, 0.15) is 11.0 Å². The van der Waals surface area contributed by atoms with Crippen molar-refractivity contribution in [2.75, 3.05) is 6.54 Å². The number of rotatable bonds is 4. The second kappa shape index (κ2) is 7.17. The molecule has 0 aliphatic carbocycles. The Morgan fingerprint density at radius 3 is 2.85 bits per heavy atom. The van der Waals surface area contributed by atoms with Gasteiger partial charge >= 0.3 is 5.97 Å². The van der Waals surface area contributed by atoms with E-state index in [4.69, 9.17) is 4.98 Å². The predicted octanol–water partition coefficient (Wildman–Crippen LogP) is 4.63. The van der Waals surface area contributed by atoms with Gasteiger partial charge < -0.3 is 5.11 Å². The summed E-state index contributed by atoms with van der Waals surface area (Å²) in [7, 11) is 0. The first-order chi connectivity index (χ1) is 12.6. The van der Waals surface area contributed by atoms with Crippen LogP contribution in [0.15, 0.2) is 48.5 Å². The number of piperidine rings is 1. The van der Waals surface area contributed by atoms with Crippen LogP contribution in [0.4, 0.5) is 0 Å². The van der Waals surface area contributed by atoms with E-state index in [0.29, 0.717) is 6.42 Å². The highest BCUT2D eigenvalue weighted by molar-refractivity contribution is 7.18. The molecule has 0 saturated carbocycles. The van der Waals surface area contributed by atoms with Crippen LogP contribution < -0.4 is 0 Å². The molecule has 4 rings (SSSR count). The fourth-order valence-electron chi connectivity index (χ4n) is 3.85. The second-order valence-corrected chi connectivity index (χ2v) is 7.99. The van der Waals surface area contributed by atoms with Crippen molar-refractivity contribution in [2.45, 2.75) is 38.3 Å². The van der Waals surface area contributed by atoms with E-state index in [9.17, 15) is 9.90 Å². The Balaban J connectivity index is 1.84. The molecule has 0 radical (unpaired) electrons. The van der Waals surface area contributed by atoms with Crippen LogP contribution in [-0.2, 0) is 4.79 Å². The quantitative estimate of drug-likeness (QED) is 0.731. The van der Waals surface area contributed by atoms with E-state index >= 15 is 0 Å². The van der Waals surface area contributed by atoms with Gasteiger partial charge in [0.25, 0.3) is 0 Å². The molecule has 2 atom stereocenters. The molecule has 1 aromatic heterocycles. The zero-order valence-electron chi connectivity index (χ0n) is 14.8. The third-order valence-electron chi connectivity index (χ3n) is 5.06. The van der Waals surface area contributed by atoms with E-state index in [-0.39, 0.29) is 6.04 Å². The van der Waals surface area contributed by atoms with Crippen LogP contribution in [-0.4, -0.2) is 33.5 Å². The van der Waals surface area contributed by atoms with Crippen LogP contribution in [0.1, 0.15) is 41.4 Å². The van der Waals surface area contributed by atoms with Crippen LogP contribution in [0.25, 0.3) is 10.2 Å². The van der Waals surface area contributed by atoms with Crippen molar-refractivity contribution < 1.29 is 9.90 Å². The number of thiazole rings is 1. The van der Waals surface area contributed by atoms with Crippen molar-refractivity contribution in [3.05, 3.63) is 64.7 Å². The van der Waals surface area contributed by atoms with Crippen LogP contribution in [0.5, 0.6) is 0 Å². The monoisotopic (exact) mass is 366 g/mol. The van der Waals surface area contributed by atoms with Gasteiger partial charge in [-0.1, -0.05) is 48.4 Å². The summed E-state index contributed by atoms with van der Waals surface area (Å²) in [5.41, 5.74) is 3.28. The summed E-state index contributed by atoms with van der Waals surface area (Å²) in [5.74, 6) is -0.733. The van der Waals surface area contributed by atoms with Crippen LogP contribution in [0, 0.1) is 6.92 Å². The maximum Gasteiger partial charge on any atom is 0.320 e. The summed E-state index contributed by atoms with van der Waals surface area (Å²) in [6.45, 7) is 2.86. The van der Waals surface area contributed by atoms with E-state index in [1.807, 2.05) is 24.3 Å². The molecule has 0 bridgehead atoms. The van der Waals surface area contributed by atoms with Crippen LogP contribution in [0.3, 0.4) is 0 Å². The standard InChI is InChI=1S/C21H22N2O2S/c1-14-7-6-8-15(13-14)19(23-12-5-4-10-17(23)21(24)25)20-22-16-9-2-3-11-18(16)26-20/h2-3,6-9,11,13,17,19H,4-5,10,12H2,1H3,(H,24,25). The Bertz CT molecular complexity index is 903. The molecule has 1 N–H and O–H groups in total. The molecule has 1 aliphatic heterocycles. The van der Waals surface area contributed by atoms with Gasteiger partial charge in [-0.3, -0.25) is 9.69 Å². The largest absolute Gasteiger partial charge is 0.480 e. The summed E-state index contributed by atoms with van der Waals surface area (Å²) in [6, 6.07) is 15.9. The van der Waals surface area contributed by atoms with Crippen molar-refractivity contribution >= 4 is 27.5 Å². The minimum Gasteiger partial charge on any atom is -0.480 e. The van der Waals surface area contributed by atoms with Gasteiger partial charge in [0.2, 0.25) is 0 Å². The summed E-state index contributed by atoms with van der Waals surface area (Å²) < 4.78 is 1.14. The number of aromatic nitrogens is 1. The zero-order valence-corrected chi connectivity index (χ0v) is 15.6. The molecule has 2 heterocycles. The molecule has 4 nitrogen and oxygen atoms in total. The minimum atomic E-state index is -0.733. The number of fused-ring (bicyclic) bond motifs is 1. The summed E-state index contributed by atoms with van der Waals surface area (Å²) in [5, 5.41) is 10.8. The third kappa shape index (κ3) is 3.24. The van der Waals surface area contributed by atoms with Crippen molar-refractivity contribution in [1.82, 2.24) is 9.88 Å². The number of likely N-dealkylation sites (tertiary alicyclic amines) is 1. The molecule has 2 unspecified atom stereocenters. The number of carboxylic acid groups (broad SMARTS) is 1. The van der Waals surface area contributed by atoms with E-state index in [1.54, 1.807) is 11.3 Å². The van der Waals surface area contributed by atoms with Crippen molar-refractivity contribution in [1.29, 1.82) is 0 Å². The van der Waals surface area contributed by atoms with Gasteiger partial charge in [0, 0.05) is 6.54 Å². The highest BCUT2D eigenvalue weighted by atomic mass is 32.1. The Hall–Kier alpha value is -2.24. The number of hydrogen-bond donors (Lipinski definition) is 1. The van der Waals surface area contributed by atoms with Crippen molar-refractivity contribution in [2.24, 2.45) is 0 Å². The molecule has 0 amide bonds. The first-order valence-corrected chi connectivity index (χ1v) is 9.86. The highest BCUT2D eigenvalue weighted by Gasteiger charge is 2.36. The number of nitrogens with zero attached hydrogens (tertiary/aromatic N) is 2. The molecule has 1 saturated heterocycles. The lowest BCUT2D eigenvalue weighted by Crippen LogP contribution is -2.46. The Kier molecular flexibility index (Phi) is 4.74. The van der Waals surface area contributed by atoms with Crippen molar-refractivity contribution in [3.8, 4) is 0 Å². The zero-order chi connectivity index (χ0) is 18.1. The maximum atomic E-state index is 11.9. The van der Waals surface area contributed by atoms with Gasteiger partial charge in [-0.25, -0.2) is 4.98 Å². The third-order valence-corrected chi connectivity index (χ3v) is 6.15. The van der Waals surface area contributed by atoms with E-state index in [0.717, 1.165) is 40.2 Å². The minimum absolute atomic E-state index is 0.117. The Labute approximate surface area is 157 Å². The smallest absolute Gasteiger partial charge is 0.320 e. The molecular weight excluding hydrogens is 344 g/mol. The van der Waals surface area contributed by atoms with Gasteiger partial charge in [-0.05, 0) is 37.5 Å². The molecular formula is C21H22N2O2S. The number of para-hydroxylation sites is 1. The second-order valence-electron chi connectivity index (χ2n) is 6.92. The fraction of sp³-hybridized carbons (Fsp3) is 0.333. The van der Waals surface area contributed by atoms with Crippen LogP contribution in [0.2, 0.25) is 0 Å². The van der Waals surface area contributed by atoms with E-state index in [1.165, 1.54) is 5.56 Å². The number of carbonyl (C=O) groups is 1. The highest BCUT2D eigenvalue weighted by Crippen LogP contribution is 2.38. The number of hydrogen-bond acceptors (Lipinski definition) is 4. The number of carboxylic acids is 1. The number of benzene rings is 2. The topological polar surface area (TPSA) is 53.4 Å². The lowest BCUT2D eigenvalue weighted by Gasteiger charge is -2.38. The van der Waals surface area contributed by atoms with E-state index in [2.05, 4.69) is 36.1 Å². The lowest BCUT2D eigenvalue weighted by atomic mass is 9.95. The SMILES string of the molecule is Cc1cccc(C(c2nc3ccccc3s2)N2CCCCC2C(=O)O)c1. The van der Waals surface area contributed by atoms with Crippen LogP contribution >= 0.6 is 11.3 Å². The molecule has 5 heteroatoms. The molecule has 26 heavy (non-hydrogen) atoms. The molecule has 0 spiro atoms. The summed E-state index contributed by atoms with van der Waals surface area (Å²) in [6.07, 6.45) is 2.69. The van der Waals surface area contributed by atoms with Gasteiger partial charge in [0.15, 0.2) is 0 Å². The Morgan fingerprint density at radius 2 is 2.08 bits per heavy atom. The number of aryl methyl sites for hydroxylation is 1. The fourth-order valence-corrected chi connectivity index (χ4v) is 4.97. The Morgan fingerprint density at radius 1 is 1.23 bits per heavy atom.